The quantitative estimate of drug-likeness (QED) is 0.161. The van der Waals surface area contributed by atoms with Crippen LogP contribution in [0.4, 0.5) is 4.79 Å². The molecular weight excluding hydrogens is 114 g/mol. The predicted octanol–water partition coefficient (Wildman–Crippen LogP) is -1.18. The lowest BCUT2D eigenvalue weighted by Crippen LogP contribution is -2.03. The van der Waals surface area contributed by atoms with Gasteiger partial charge < -0.3 is 16.7 Å². The van der Waals surface area contributed by atoms with E-state index in [1.54, 1.807) is 0 Å². The number of carbonyl (C=O) groups is 1. The number of carboxylic acid groups (broad SMARTS) is 1. The number of hydrogen-bond acceptors (Lipinski definition) is 4. The monoisotopic (exact) mass is 119 g/mol. The minimum Gasteiger partial charge on any atom is -0.465 e. The second-order valence-corrected chi connectivity index (χ2v) is 0.559. The number of rotatable bonds is 0. The van der Waals surface area contributed by atoms with Gasteiger partial charge in [-0.05, 0) is 0 Å². The van der Waals surface area contributed by atoms with Gasteiger partial charge in [-0.15, -0.1) is 0 Å². The zero-order valence-corrected chi connectivity index (χ0v) is 3.87. The van der Waals surface area contributed by atoms with Crippen molar-refractivity contribution < 1.29 is 14.7 Å². The van der Waals surface area contributed by atoms with E-state index < -0.39 is 6.09 Å². The van der Waals surface area contributed by atoms with Crippen molar-refractivity contribution in [1.82, 2.24) is 0 Å². The van der Waals surface area contributed by atoms with E-state index in [4.69, 9.17) is 14.7 Å². The lowest BCUT2D eigenvalue weighted by atomic mass is 11.3. The Morgan fingerprint density at radius 3 is 1.88 bits per heavy atom. The Hall–Kier alpha value is -1.55. The highest BCUT2D eigenvalue weighted by Crippen LogP contribution is 1.34. The molecule has 1 amide bonds. The molecule has 0 aromatic rings. The lowest BCUT2D eigenvalue weighted by molar-refractivity contribution is 0.205. The molecule has 0 saturated heterocycles. The smallest absolute Gasteiger partial charge is 0.402 e. The molecule has 0 radical (unpaired) electrons. The number of isocyanates is 1. The van der Waals surface area contributed by atoms with Crippen LogP contribution >= 0.6 is 0 Å². The first-order chi connectivity index (χ1) is 3.65. The molecule has 6 heteroatoms. The SMILES string of the molecule is NC(=O)O.NN=C=O. The Balaban J connectivity index is 0. The van der Waals surface area contributed by atoms with Crippen molar-refractivity contribution in [3.05, 3.63) is 0 Å². The first-order valence-electron chi connectivity index (χ1n) is 1.40. The summed E-state index contributed by atoms with van der Waals surface area (Å²) in [4.78, 5) is 17.5. The van der Waals surface area contributed by atoms with E-state index in [-0.39, 0.29) is 0 Å². The second-order valence-electron chi connectivity index (χ2n) is 0.559. The molecule has 8 heavy (non-hydrogen) atoms. The molecule has 0 aliphatic rings. The van der Waals surface area contributed by atoms with E-state index in [0.29, 0.717) is 0 Å². The molecular formula is C2H5N3O3. The van der Waals surface area contributed by atoms with Crippen LogP contribution in [0, 0.1) is 0 Å². The standard InChI is InChI=1S/CH2N2O.CH3NO2/c2-3-1-4;2-1(3)4/h2H2;2H2,(H,3,4). The van der Waals surface area contributed by atoms with Crippen LogP contribution in [0.1, 0.15) is 0 Å². The number of nitrogens with zero attached hydrogens (tertiary/aromatic N) is 1. The van der Waals surface area contributed by atoms with Crippen molar-refractivity contribution >= 4 is 12.2 Å². The average Bonchev–Trinajstić information content (AvgIpc) is 1.65. The van der Waals surface area contributed by atoms with Gasteiger partial charge in [0, 0.05) is 0 Å². The third-order valence-corrected chi connectivity index (χ3v) is 0.0527. The Morgan fingerprint density at radius 2 is 1.88 bits per heavy atom. The molecule has 5 N–H and O–H groups in total. The number of hydrazone groups is 1. The first-order valence-corrected chi connectivity index (χ1v) is 1.40. The van der Waals surface area contributed by atoms with Crippen LogP contribution in [0.15, 0.2) is 5.10 Å². The summed E-state index contributed by atoms with van der Waals surface area (Å²) in [5.41, 5.74) is 4.03. The molecule has 0 aliphatic carbocycles. The van der Waals surface area contributed by atoms with Crippen LogP contribution < -0.4 is 11.6 Å². The summed E-state index contributed by atoms with van der Waals surface area (Å²) in [6.45, 7) is 0. The van der Waals surface area contributed by atoms with Gasteiger partial charge in [0.05, 0.1) is 0 Å². The molecule has 0 bridgehead atoms. The summed E-state index contributed by atoms with van der Waals surface area (Å²) >= 11 is 0. The summed E-state index contributed by atoms with van der Waals surface area (Å²) in [6, 6.07) is 0. The van der Waals surface area contributed by atoms with Crippen molar-refractivity contribution in [3.63, 3.8) is 0 Å². The molecule has 0 unspecified atom stereocenters. The third-order valence-electron chi connectivity index (χ3n) is 0.0527. The van der Waals surface area contributed by atoms with Crippen molar-refractivity contribution in [2.24, 2.45) is 16.7 Å². The molecule has 0 spiro atoms. The van der Waals surface area contributed by atoms with Crippen molar-refractivity contribution in [2.75, 3.05) is 0 Å². The first kappa shape index (κ1) is 9.67. The van der Waals surface area contributed by atoms with Gasteiger partial charge in [0.2, 0.25) is 0 Å². The Morgan fingerprint density at radius 1 is 1.75 bits per heavy atom. The number of carbonyl (C=O) groups excluding carboxylic acids is 1. The highest BCUT2D eigenvalue weighted by molar-refractivity contribution is 5.61. The van der Waals surface area contributed by atoms with Gasteiger partial charge in [-0.1, -0.05) is 5.10 Å². The highest BCUT2D eigenvalue weighted by Gasteiger charge is 1.65. The second kappa shape index (κ2) is 9.07. The summed E-state index contributed by atoms with van der Waals surface area (Å²) < 4.78 is 0. The Labute approximate surface area is 44.8 Å². The molecule has 0 fully saturated rings. The molecule has 46 valence electrons. The van der Waals surface area contributed by atoms with E-state index >= 15 is 0 Å². The van der Waals surface area contributed by atoms with Crippen LogP contribution in [0.5, 0.6) is 0 Å². The fraction of sp³-hybridized carbons (Fsp3) is 0. The number of primary amides is 1. The van der Waals surface area contributed by atoms with Crippen LogP contribution in [-0.2, 0) is 4.79 Å². The van der Waals surface area contributed by atoms with Crippen molar-refractivity contribution in [2.45, 2.75) is 0 Å². The minimum absolute atomic E-state index is 1.08. The van der Waals surface area contributed by atoms with Crippen LogP contribution in [0.25, 0.3) is 0 Å². The maximum absolute atomic E-state index is 8.78. The average molecular weight is 119 g/mol. The highest BCUT2D eigenvalue weighted by atomic mass is 16.4. The zero-order chi connectivity index (χ0) is 6.99. The van der Waals surface area contributed by atoms with Gasteiger partial charge in [0.15, 0.2) is 0 Å². The topological polar surface area (TPSA) is 119 Å². The molecule has 0 rings (SSSR count). The summed E-state index contributed by atoms with van der Waals surface area (Å²) in [7, 11) is 0. The Kier molecular flexibility index (Phi) is 11.0. The van der Waals surface area contributed by atoms with E-state index in [9.17, 15) is 0 Å². The molecule has 6 nitrogen and oxygen atoms in total. The van der Waals surface area contributed by atoms with E-state index in [2.05, 4.69) is 16.7 Å². The zero-order valence-electron chi connectivity index (χ0n) is 3.87. The van der Waals surface area contributed by atoms with E-state index in [0.717, 1.165) is 6.08 Å². The summed E-state index contributed by atoms with van der Waals surface area (Å²) in [5.74, 6) is 4.23. The van der Waals surface area contributed by atoms with Gasteiger partial charge >= 0.3 is 6.09 Å². The number of nitrogens with two attached hydrogens (primary N) is 2. The molecule has 0 atom stereocenters. The summed E-state index contributed by atoms with van der Waals surface area (Å²) in [6.07, 6.45) is -0.250. The van der Waals surface area contributed by atoms with Crippen LogP contribution in [0.2, 0.25) is 0 Å². The largest absolute Gasteiger partial charge is 0.465 e. The van der Waals surface area contributed by atoms with Crippen molar-refractivity contribution in [3.8, 4) is 0 Å². The summed E-state index contributed by atoms with van der Waals surface area (Å²) in [5, 5.41) is 9.62. The Bertz CT molecular complexity index is 101. The van der Waals surface area contributed by atoms with Crippen LogP contribution in [-0.4, -0.2) is 17.3 Å². The van der Waals surface area contributed by atoms with Crippen LogP contribution in [0.3, 0.4) is 0 Å². The van der Waals surface area contributed by atoms with Gasteiger partial charge in [-0.2, -0.15) is 0 Å². The lowest BCUT2D eigenvalue weighted by Gasteiger charge is -1.61. The number of hydrogen-bond donors (Lipinski definition) is 3. The molecule has 0 saturated carbocycles. The fourth-order valence-electron chi connectivity index (χ4n) is 0. The van der Waals surface area contributed by atoms with Crippen molar-refractivity contribution in [1.29, 1.82) is 0 Å². The van der Waals surface area contributed by atoms with Gasteiger partial charge in [0.1, 0.15) is 0 Å². The maximum atomic E-state index is 8.78. The fourth-order valence-corrected chi connectivity index (χ4v) is 0. The van der Waals surface area contributed by atoms with E-state index in [1.807, 2.05) is 0 Å². The molecule has 0 aromatic heterocycles. The normalized spacial score (nSPS) is 5.00. The van der Waals surface area contributed by atoms with E-state index in [1.165, 1.54) is 0 Å². The molecule has 0 aromatic carbocycles. The molecule has 0 aliphatic heterocycles. The van der Waals surface area contributed by atoms with Gasteiger partial charge in [0.25, 0.3) is 6.08 Å². The van der Waals surface area contributed by atoms with Gasteiger partial charge in [-0.25, -0.2) is 9.59 Å². The molecule has 0 heterocycles. The van der Waals surface area contributed by atoms with Gasteiger partial charge in [-0.3, -0.25) is 0 Å². The maximum Gasteiger partial charge on any atom is 0.402 e. The minimum atomic E-state index is -1.33. The third kappa shape index (κ3) is 175. The predicted molar refractivity (Wildman–Crippen MR) is 24.5 cm³/mol. The number of amides is 1.